The average molecular weight is 310 g/mol. The molecule has 0 atom stereocenters. The van der Waals surface area contributed by atoms with Crippen LogP contribution < -0.4 is 4.74 Å². The van der Waals surface area contributed by atoms with E-state index < -0.39 is 0 Å². The van der Waals surface area contributed by atoms with Crippen molar-refractivity contribution in [2.75, 3.05) is 46.4 Å². The van der Waals surface area contributed by atoms with Crippen LogP contribution in [0.5, 0.6) is 5.75 Å². The zero-order valence-corrected chi connectivity index (χ0v) is 12.5. The fraction of sp³-hybridized carbons (Fsp3) is 0.467. The topological polar surface area (TPSA) is 59.1 Å². The second kappa shape index (κ2) is 7.74. The number of carbonyl (C=O) groups excluding carboxylic acids is 2. The van der Waals surface area contributed by atoms with Crippen molar-refractivity contribution in [3.63, 3.8) is 0 Å². The predicted octanol–water partition coefficient (Wildman–Crippen LogP) is 0.522. The highest BCUT2D eigenvalue weighted by molar-refractivity contribution is 5.78. The molecule has 0 unspecified atom stereocenters. The number of esters is 1. The lowest BCUT2D eigenvalue weighted by Gasteiger charge is -2.33. The van der Waals surface area contributed by atoms with Crippen LogP contribution in [0.15, 0.2) is 24.3 Å². The minimum absolute atomic E-state index is 0.0807. The Kier molecular flexibility index (Phi) is 5.71. The second-order valence-electron chi connectivity index (χ2n) is 4.98. The number of halogens is 1. The standard InChI is InChI=1S/C15H19FN2O4/c1-21-15(20)10-17-6-8-18(9-7-17)14(19)11-22-13-4-2-12(16)3-5-13/h2-5H,6-11H2,1H3. The van der Waals surface area contributed by atoms with Crippen molar-refractivity contribution in [1.82, 2.24) is 9.80 Å². The van der Waals surface area contributed by atoms with Crippen LogP contribution in [0.3, 0.4) is 0 Å². The molecule has 0 N–H and O–H groups in total. The molecule has 0 saturated carbocycles. The Balaban J connectivity index is 1.73. The Hall–Kier alpha value is -2.15. The zero-order valence-electron chi connectivity index (χ0n) is 12.5. The molecule has 0 spiro atoms. The molecule has 2 rings (SSSR count). The molecule has 1 amide bonds. The van der Waals surface area contributed by atoms with Gasteiger partial charge in [0, 0.05) is 26.2 Å². The van der Waals surface area contributed by atoms with Crippen molar-refractivity contribution in [3.05, 3.63) is 30.1 Å². The molecular weight excluding hydrogens is 291 g/mol. The van der Waals surface area contributed by atoms with E-state index in [1.54, 1.807) is 4.90 Å². The lowest BCUT2D eigenvalue weighted by Crippen LogP contribution is -2.51. The number of methoxy groups -OCH3 is 1. The molecule has 6 nitrogen and oxygen atoms in total. The number of nitrogens with zero attached hydrogens (tertiary/aromatic N) is 2. The Morgan fingerprint density at radius 1 is 1.14 bits per heavy atom. The van der Waals surface area contributed by atoms with Gasteiger partial charge in [0.15, 0.2) is 6.61 Å². The van der Waals surface area contributed by atoms with Crippen LogP contribution in [0.2, 0.25) is 0 Å². The number of hydrogen-bond donors (Lipinski definition) is 0. The third kappa shape index (κ3) is 4.70. The van der Waals surface area contributed by atoms with E-state index >= 15 is 0 Å². The molecule has 1 aromatic rings. The predicted molar refractivity (Wildman–Crippen MR) is 76.9 cm³/mol. The summed E-state index contributed by atoms with van der Waals surface area (Å²) in [5.74, 6) is -0.291. The fourth-order valence-corrected chi connectivity index (χ4v) is 2.17. The molecule has 1 saturated heterocycles. The van der Waals surface area contributed by atoms with Crippen molar-refractivity contribution in [2.24, 2.45) is 0 Å². The van der Waals surface area contributed by atoms with Gasteiger partial charge in [0.05, 0.1) is 13.7 Å². The molecule has 1 aromatic carbocycles. The SMILES string of the molecule is COC(=O)CN1CCN(C(=O)COc2ccc(F)cc2)CC1. The van der Waals surface area contributed by atoms with E-state index in [1.165, 1.54) is 31.4 Å². The molecule has 0 aromatic heterocycles. The number of piperazine rings is 1. The van der Waals surface area contributed by atoms with Gasteiger partial charge in [0.1, 0.15) is 11.6 Å². The van der Waals surface area contributed by atoms with Crippen LogP contribution in [-0.2, 0) is 14.3 Å². The monoisotopic (exact) mass is 310 g/mol. The number of hydrogen-bond acceptors (Lipinski definition) is 5. The summed E-state index contributed by atoms with van der Waals surface area (Å²) in [6.45, 7) is 2.49. The highest BCUT2D eigenvalue weighted by atomic mass is 19.1. The quantitative estimate of drug-likeness (QED) is 0.742. The second-order valence-corrected chi connectivity index (χ2v) is 4.98. The van der Waals surface area contributed by atoms with E-state index in [-0.39, 0.29) is 30.8 Å². The van der Waals surface area contributed by atoms with Gasteiger partial charge in [-0.25, -0.2) is 4.39 Å². The molecular formula is C15H19FN2O4. The Morgan fingerprint density at radius 2 is 1.77 bits per heavy atom. The van der Waals surface area contributed by atoms with Gasteiger partial charge < -0.3 is 14.4 Å². The smallest absolute Gasteiger partial charge is 0.319 e. The number of rotatable bonds is 5. The summed E-state index contributed by atoms with van der Waals surface area (Å²) in [5.41, 5.74) is 0. The molecule has 1 aliphatic rings. The molecule has 1 aliphatic heterocycles. The number of benzene rings is 1. The third-order valence-electron chi connectivity index (χ3n) is 3.48. The van der Waals surface area contributed by atoms with E-state index in [2.05, 4.69) is 4.74 Å². The summed E-state index contributed by atoms with van der Waals surface area (Å²) in [4.78, 5) is 26.9. The first-order valence-corrected chi connectivity index (χ1v) is 7.04. The normalized spacial score (nSPS) is 15.5. The first-order chi connectivity index (χ1) is 10.6. The summed E-state index contributed by atoms with van der Waals surface area (Å²) in [6.07, 6.45) is 0. The van der Waals surface area contributed by atoms with Crippen molar-refractivity contribution in [2.45, 2.75) is 0 Å². The summed E-state index contributed by atoms with van der Waals surface area (Å²) < 4.78 is 22.7. The molecule has 120 valence electrons. The van der Waals surface area contributed by atoms with Crippen LogP contribution in [0, 0.1) is 5.82 Å². The largest absolute Gasteiger partial charge is 0.484 e. The van der Waals surface area contributed by atoms with Crippen molar-refractivity contribution in [3.8, 4) is 5.75 Å². The lowest BCUT2D eigenvalue weighted by molar-refractivity contribution is -0.143. The van der Waals surface area contributed by atoms with Gasteiger partial charge >= 0.3 is 5.97 Å². The molecule has 7 heteroatoms. The molecule has 1 fully saturated rings. The van der Waals surface area contributed by atoms with Gasteiger partial charge in [0.25, 0.3) is 5.91 Å². The number of ether oxygens (including phenoxy) is 2. The maximum atomic E-state index is 12.8. The van der Waals surface area contributed by atoms with Crippen molar-refractivity contribution in [1.29, 1.82) is 0 Å². The fourth-order valence-electron chi connectivity index (χ4n) is 2.17. The first kappa shape index (κ1) is 16.2. The van der Waals surface area contributed by atoms with Crippen LogP contribution in [0.1, 0.15) is 0 Å². The molecule has 0 bridgehead atoms. The van der Waals surface area contributed by atoms with E-state index in [9.17, 15) is 14.0 Å². The highest BCUT2D eigenvalue weighted by Crippen LogP contribution is 2.11. The average Bonchev–Trinajstić information content (AvgIpc) is 2.54. The van der Waals surface area contributed by atoms with E-state index in [4.69, 9.17) is 4.74 Å². The van der Waals surface area contributed by atoms with E-state index in [0.717, 1.165) is 0 Å². The van der Waals surface area contributed by atoms with Crippen LogP contribution in [0.4, 0.5) is 4.39 Å². The van der Waals surface area contributed by atoms with E-state index in [1.807, 2.05) is 4.90 Å². The maximum absolute atomic E-state index is 12.8. The third-order valence-corrected chi connectivity index (χ3v) is 3.48. The molecule has 0 aliphatic carbocycles. The van der Waals surface area contributed by atoms with Gasteiger partial charge in [-0.1, -0.05) is 0 Å². The number of amides is 1. The van der Waals surface area contributed by atoms with Gasteiger partial charge in [-0.3, -0.25) is 14.5 Å². The molecule has 0 radical (unpaired) electrons. The summed E-state index contributed by atoms with van der Waals surface area (Å²) in [7, 11) is 1.36. The van der Waals surface area contributed by atoms with Crippen LogP contribution >= 0.6 is 0 Å². The zero-order chi connectivity index (χ0) is 15.9. The minimum Gasteiger partial charge on any atom is -0.484 e. The van der Waals surface area contributed by atoms with Crippen molar-refractivity contribution < 1.29 is 23.5 Å². The van der Waals surface area contributed by atoms with Gasteiger partial charge in [-0.2, -0.15) is 0 Å². The number of carbonyl (C=O) groups is 2. The Morgan fingerprint density at radius 3 is 2.36 bits per heavy atom. The minimum atomic E-state index is -0.347. The summed E-state index contributed by atoms with van der Waals surface area (Å²) in [5, 5.41) is 0. The highest BCUT2D eigenvalue weighted by Gasteiger charge is 2.22. The van der Waals surface area contributed by atoms with Gasteiger partial charge in [-0.05, 0) is 24.3 Å². The Bertz CT molecular complexity index is 513. The van der Waals surface area contributed by atoms with Gasteiger partial charge in [-0.15, -0.1) is 0 Å². The Labute approximate surface area is 128 Å². The van der Waals surface area contributed by atoms with Crippen molar-refractivity contribution >= 4 is 11.9 Å². The van der Waals surface area contributed by atoms with Crippen LogP contribution in [0.25, 0.3) is 0 Å². The first-order valence-electron chi connectivity index (χ1n) is 7.04. The maximum Gasteiger partial charge on any atom is 0.319 e. The van der Waals surface area contributed by atoms with E-state index in [0.29, 0.717) is 31.9 Å². The summed E-state index contributed by atoms with van der Waals surface area (Å²) in [6, 6.07) is 5.53. The summed E-state index contributed by atoms with van der Waals surface area (Å²) >= 11 is 0. The van der Waals surface area contributed by atoms with Gasteiger partial charge in [0.2, 0.25) is 0 Å². The lowest BCUT2D eigenvalue weighted by atomic mass is 10.3. The molecule has 1 heterocycles. The van der Waals surface area contributed by atoms with Crippen LogP contribution in [-0.4, -0.2) is 68.1 Å². The molecule has 22 heavy (non-hydrogen) atoms.